The Labute approximate surface area is 177 Å². The van der Waals surface area contributed by atoms with E-state index < -0.39 is 11.6 Å². The van der Waals surface area contributed by atoms with Gasteiger partial charge >= 0.3 is 0 Å². The molecule has 4 aromatic rings. The second-order valence-electron chi connectivity index (χ2n) is 6.56. The van der Waals surface area contributed by atoms with E-state index in [4.69, 9.17) is 4.42 Å². The number of halogens is 1. The van der Waals surface area contributed by atoms with Gasteiger partial charge in [0.1, 0.15) is 11.2 Å². The van der Waals surface area contributed by atoms with E-state index >= 15 is 0 Å². The average molecular weight is 433 g/mol. The number of thiophene rings is 1. The monoisotopic (exact) mass is 432 g/mol. The van der Waals surface area contributed by atoms with Gasteiger partial charge in [0.15, 0.2) is 5.58 Å². The van der Waals surface area contributed by atoms with Crippen LogP contribution in [0.1, 0.15) is 36.3 Å². The number of aliphatic hydroxyl groups excluding tert-OH is 1. The topological polar surface area (TPSA) is 104 Å². The third kappa shape index (κ3) is 3.66. The minimum Gasteiger partial charge on any atom is -0.435 e. The first kappa shape index (κ1) is 21.0. The fourth-order valence-corrected chi connectivity index (χ4v) is 4.08. The lowest BCUT2D eigenvalue weighted by Gasteiger charge is -2.36. The van der Waals surface area contributed by atoms with Crippen molar-refractivity contribution in [3.05, 3.63) is 59.5 Å². The zero-order chi connectivity index (χ0) is 19.7. The average Bonchev–Trinajstić information content (AvgIpc) is 3.45. The molecular formula is C20H21ClN4O3S. The van der Waals surface area contributed by atoms with Gasteiger partial charge in [-0.05, 0) is 30.9 Å². The second kappa shape index (κ2) is 8.36. The number of H-pyrrole nitrogens is 1. The number of carbonyl (C=O) groups is 1. The van der Waals surface area contributed by atoms with E-state index in [0.717, 1.165) is 4.88 Å². The molecule has 0 unspecified atom stereocenters. The number of hydrogen-bond acceptors (Lipinski definition) is 6. The normalized spacial score (nSPS) is 14.2. The van der Waals surface area contributed by atoms with E-state index in [0.29, 0.717) is 29.0 Å². The Balaban J connectivity index is 0.00000240. The van der Waals surface area contributed by atoms with Gasteiger partial charge in [-0.1, -0.05) is 25.1 Å². The molecule has 1 aromatic carbocycles. The molecule has 3 heterocycles. The number of rotatable bonds is 6. The molecule has 0 spiro atoms. The molecule has 3 N–H and O–H groups in total. The maximum atomic E-state index is 12.7. The number of aromatic nitrogens is 3. The van der Waals surface area contributed by atoms with E-state index in [-0.39, 0.29) is 24.0 Å². The van der Waals surface area contributed by atoms with Crippen LogP contribution in [0.25, 0.3) is 21.9 Å². The Bertz CT molecular complexity index is 1090. The molecule has 7 nitrogen and oxygen atoms in total. The Morgan fingerprint density at radius 2 is 2.21 bits per heavy atom. The maximum Gasteiger partial charge on any atom is 0.272 e. The summed E-state index contributed by atoms with van der Waals surface area (Å²) in [5.74, 6) is 0.144. The van der Waals surface area contributed by atoms with Crippen LogP contribution in [0.5, 0.6) is 0 Å². The van der Waals surface area contributed by atoms with Crippen molar-refractivity contribution in [2.75, 3.05) is 0 Å². The second-order valence-corrected chi connectivity index (χ2v) is 7.51. The van der Waals surface area contributed by atoms with E-state index in [1.165, 1.54) is 23.9 Å². The lowest BCUT2D eigenvalue weighted by atomic mass is 9.82. The summed E-state index contributed by atoms with van der Waals surface area (Å²) in [6, 6.07) is 9.44. The lowest BCUT2D eigenvalue weighted by molar-refractivity contribution is 0.0552. The fraction of sp³-hybridized carbons (Fsp3) is 0.250. The summed E-state index contributed by atoms with van der Waals surface area (Å²) in [6.07, 6.45) is 2.53. The SMILES string of the molecule is CC[C@@](NC(=O)c1c[nH]cn1)(c1cccc2nc(-c3cccs3)oc12)[C@H](C)O.Cl. The highest BCUT2D eigenvalue weighted by Gasteiger charge is 2.40. The van der Waals surface area contributed by atoms with E-state index in [1.807, 2.05) is 42.6 Å². The van der Waals surface area contributed by atoms with Crippen molar-refractivity contribution in [3.63, 3.8) is 0 Å². The molecule has 0 aliphatic carbocycles. The number of aromatic amines is 1. The van der Waals surface area contributed by atoms with Gasteiger partial charge in [0.05, 0.1) is 22.8 Å². The number of nitrogens with zero attached hydrogens (tertiary/aromatic N) is 2. The lowest BCUT2D eigenvalue weighted by Crippen LogP contribution is -2.52. The third-order valence-corrected chi connectivity index (χ3v) is 5.82. The summed E-state index contributed by atoms with van der Waals surface area (Å²) in [4.78, 5) is 25.0. The van der Waals surface area contributed by atoms with Crippen molar-refractivity contribution in [1.29, 1.82) is 0 Å². The molecule has 0 fully saturated rings. The van der Waals surface area contributed by atoms with Crippen molar-refractivity contribution in [2.24, 2.45) is 0 Å². The zero-order valence-electron chi connectivity index (χ0n) is 15.9. The summed E-state index contributed by atoms with van der Waals surface area (Å²) in [6.45, 7) is 3.57. The van der Waals surface area contributed by atoms with Gasteiger partial charge in [-0.3, -0.25) is 4.79 Å². The predicted octanol–water partition coefficient (Wildman–Crippen LogP) is 4.12. The Hall–Kier alpha value is -2.68. The number of hydrogen-bond donors (Lipinski definition) is 3. The van der Waals surface area contributed by atoms with Crippen molar-refractivity contribution in [3.8, 4) is 10.8 Å². The highest BCUT2D eigenvalue weighted by molar-refractivity contribution is 7.13. The number of fused-ring (bicyclic) bond motifs is 1. The van der Waals surface area contributed by atoms with E-state index in [2.05, 4.69) is 20.3 Å². The zero-order valence-corrected chi connectivity index (χ0v) is 17.5. The van der Waals surface area contributed by atoms with Gasteiger partial charge in [-0.2, -0.15) is 0 Å². The van der Waals surface area contributed by atoms with Crippen LogP contribution in [-0.2, 0) is 5.54 Å². The molecule has 0 bridgehead atoms. The van der Waals surface area contributed by atoms with Crippen LogP contribution in [0.3, 0.4) is 0 Å². The number of para-hydroxylation sites is 1. The summed E-state index contributed by atoms with van der Waals surface area (Å²) in [5, 5.41) is 15.6. The molecule has 0 saturated heterocycles. The van der Waals surface area contributed by atoms with Crippen LogP contribution in [-0.4, -0.2) is 32.1 Å². The van der Waals surface area contributed by atoms with Gasteiger partial charge in [0.25, 0.3) is 5.91 Å². The molecule has 1 amide bonds. The maximum absolute atomic E-state index is 12.7. The van der Waals surface area contributed by atoms with Gasteiger partial charge < -0.3 is 19.8 Å². The number of amides is 1. The van der Waals surface area contributed by atoms with Gasteiger partial charge in [-0.15, -0.1) is 23.7 Å². The van der Waals surface area contributed by atoms with Crippen molar-refractivity contribution in [1.82, 2.24) is 20.3 Å². The number of imidazole rings is 1. The Morgan fingerprint density at radius 1 is 1.38 bits per heavy atom. The minimum atomic E-state index is -1.05. The molecule has 152 valence electrons. The van der Waals surface area contributed by atoms with Gasteiger partial charge in [0.2, 0.25) is 5.89 Å². The molecule has 0 saturated carbocycles. The summed E-state index contributed by atoms with van der Waals surface area (Å²) >= 11 is 1.54. The van der Waals surface area contributed by atoms with Crippen molar-refractivity contribution in [2.45, 2.75) is 31.9 Å². The fourth-order valence-electron chi connectivity index (χ4n) is 3.43. The molecule has 0 aliphatic rings. The third-order valence-electron chi connectivity index (χ3n) is 4.97. The summed E-state index contributed by atoms with van der Waals surface area (Å²) < 4.78 is 6.09. The smallest absolute Gasteiger partial charge is 0.272 e. The standard InChI is InChI=1S/C20H20N4O3S.ClH/c1-3-20(12(2)25,24-18(26)15-10-21-11-22-15)13-6-4-7-14-17(13)27-19(23-14)16-8-5-9-28-16;/h4-12,25H,3H2,1-2H3,(H,21,22)(H,24,26);1H/t12-,20-;/m0./s1. The van der Waals surface area contributed by atoms with E-state index in [9.17, 15) is 9.90 Å². The molecule has 0 radical (unpaired) electrons. The van der Waals surface area contributed by atoms with Crippen LogP contribution in [0.2, 0.25) is 0 Å². The van der Waals surface area contributed by atoms with Gasteiger partial charge in [-0.25, -0.2) is 9.97 Å². The van der Waals surface area contributed by atoms with Crippen LogP contribution >= 0.6 is 23.7 Å². The Morgan fingerprint density at radius 3 is 2.83 bits per heavy atom. The van der Waals surface area contributed by atoms with Crippen LogP contribution < -0.4 is 5.32 Å². The molecule has 0 aliphatic heterocycles. The number of oxazole rings is 1. The van der Waals surface area contributed by atoms with Crippen LogP contribution in [0.15, 0.2) is 52.7 Å². The highest BCUT2D eigenvalue weighted by atomic mass is 35.5. The molecule has 9 heteroatoms. The quantitative estimate of drug-likeness (QED) is 0.425. The highest BCUT2D eigenvalue weighted by Crippen LogP contribution is 2.37. The number of benzene rings is 1. The molecule has 4 rings (SSSR count). The van der Waals surface area contributed by atoms with E-state index in [1.54, 1.807) is 6.92 Å². The number of aliphatic hydroxyl groups is 1. The molecule has 3 aromatic heterocycles. The number of nitrogens with one attached hydrogen (secondary N) is 2. The first-order valence-electron chi connectivity index (χ1n) is 8.98. The van der Waals surface area contributed by atoms with Crippen LogP contribution in [0, 0.1) is 0 Å². The van der Waals surface area contributed by atoms with Gasteiger partial charge in [0, 0.05) is 11.8 Å². The molecule has 29 heavy (non-hydrogen) atoms. The largest absolute Gasteiger partial charge is 0.435 e. The van der Waals surface area contributed by atoms with Crippen molar-refractivity contribution < 1.29 is 14.3 Å². The van der Waals surface area contributed by atoms with Crippen LogP contribution in [0.4, 0.5) is 0 Å². The number of carbonyl (C=O) groups excluding carboxylic acids is 1. The summed E-state index contributed by atoms with van der Waals surface area (Å²) in [7, 11) is 0. The predicted molar refractivity (Wildman–Crippen MR) is 114 cm³/mol. The molecular weight excluding hydrogens is 412 g/mol. The van der Waals surface area contributed by atoms with Crippen molar-refractivity contribution >= 4 is 40.8 Å². The first-order chi connectivity index (χ1) is 13.5. The minimum absolute atomic E-state index is 0. The first-order valence-corrected chi connectivity index (χ1v) is 9.86. The Kier molecular flexibility index (Phi) is 6.07. The molecule has 2 atom stereocenters. The summed E-state index contributed by atoms with van der Waals surface area (Å²) in [5.41, 5.74) is 1.11.